The van der Waals surface area contributed by atoms with E-state index in [9.17, 15) is 18.3 Å². The third-order valence-corrected chi connectivity index (χ3v) is 9.27. The second kappa shape index (κ2) is 12.3. The smallest absolute Gasteiger partial charge is 0.259 e. The summed E-state index contributed by atoms with van der Waals surface area (Å²) in [6, 6.07) is 9.53. The fourth-order valence-electron chi connectivity index (χ4n) is 4.94. The van der Waals surface area contributed by atoms with Crippen LogP contribution in [0.4, 0.5) is 0 Å². The average molecular weight is 540 g/mol. The number of nitrogens with zero attached hydrogens (tertiary/aromatic N) is 3. The Bertz CT molecular complexity index is 1280. The molecular formula is C29H37N3O5S. The van der Waals surface area contributed by atoms with Crippen molar-refractivity contribution < 1.29 is 23.1 Å². The third-order valence-electron chi connectivity index (χ3n) is 7.44. The molecule has 3 atom stereocenters. The number of hydrogen-bond acceptors (Lipinski definition) is 6. The number of hydrogen-bond donors (Lipinski definition) is 1. The Labute approximate surface area is 226 Å². The quantitative estimate of drug-likeness (QED) is 0.564. The van der Waals surface area contributed by atoms with E-state index in [1.54, 1.807) is 54.4 Å². The summed E-state index contributed by atoms with van der Waals surface area (Å²) in [5, 5.41) is 9.88. The third kappa shape index (κ3) is 6.37. The number of likely N-dealkylation sites (N-methyl/N-ethyl adjacent to an activating group) is 1. The molecule has 1 saturated carbocycles. The molecule has 204 valence electrons. The second-order valence-corrected chi connectivity index (χ2v) is 12.4. The Hall–Kier alpha value is -2.93. The molecule has 1 fully saturated rings. The van der Waals surface area contributed by atoms with Gasteiger partial charge in [0.1, 0.15) is 11.7 Å². The van der Waals surface area contributed by atoms with Crippen molar-refractivity contribution in [3.8, 4) is 17.7 Å². The summed E-state index contributed by atoms with van der Waals surface area (Å²) >= 11 is 0. The Morgan fingerprint density at radius 1 is 1.21 bits per heavy atom. The van der Waals surface area contributed by atoms with Crippen LogP contribution < -0.4 is 4.74 Å². The van der Waals surface area contributed by atoms with Crippen LogP contribution in [0.1, 0.15) is 61.9 Å². The Morgan fingerprint density at radius 3 is 2.61 bits per heavy atom. The number of carbonyl (C=O) groups excluding carboxylic acids is 1. The summed E-state index contributed by atoms with van der Waals surface area (Å²) in [6.07, 6.45) is 6.85. The van der Waals surface area contributed by atoms with E-state index in [0.717, 1.165) is 12.8 Å². The standard InChI is InChI=1S/C29H37N3O5S/c1-21-18-32(22(2)20-33)29(34)26-16-24(15-14-23-10-6-4-7-11-23)17-30-28(26)37-27(21)19-31(3)38(35,36)25-12-8-5-9-13-25/h5,8-9,12-13,16-17,21-23,27,33H,4,6-7,10-11,18-20H2,1-3H3/t21-,22-,27-/m1/s1. The molecule has 8 nitrogen and oxygen atoms in total. The highest BCUT2D eigenvalue weighted by molar-refractivity contribution is 7.89. The zero-order chi connectivity index (χ0) is 27.3. The largest absolute Gasteiger partial charge is 0.472 e. The number of pyridine rings is 1. The van der Waals surface area contributed by atoms with E-state index in [2.05, 4.69) is 16.8 Å². The number of ether oxygens (including phenoxy) is 1. The Balaban J connectivity index is 1.65. The van der Waals surface area contributed by atoms with Crippen molar-refractivity contribution in [3.05, 3.63) is 53.7 Å². The van der Waals surface area contributed by atoms with Gasteiger partial charge in [0, 0.05) is 37.2 Å². The number of aliphatic hydroxyl groups is 1. The van der Waals surface area contributed by atoms with Gasteiger partial charge in [0.15, 0.2) is 0 Å². The van der Waals surface area contributed by atoms with Crippen molar-refractivity contribution in [2.75, 3.05) is 26.7 Å². The zero-order valence-electron chi connectivity index (χ0n) is 22.3. The van der Waals surface area contributed by atoms with Gasteiger partial charge in [-0.15, -0.1) is 0 Å². The first-order chi connectivity index (χ1) is 18.2. The highest BCUT2D eigenvalue weighted by atomic mass is 32.2. The zero-order valence-corrected chi connectivity index (χ0v) is 23.2. The lowest BCUT2D eigenvalue weighted by Crippen LogP contribution is -2.50. The summed E-state index contributed by atoms with van der Waals surface area (Å²) in [5.74, 6) is 6.52. The normalized spacial score (nSPS) is 21.5. The summed E-state index contributed by atoms with van der Waals surface area (Å²) in [7, 11) is -2.21. The van der Waals surface area contributed by atoms with Crippen LogP contribution in [-0.4, -0.2) is 72.5 Å². The molecule has 0 bridgehead atoms. The molecule has 2 aliphatic rings. The fraction of sp³-hybridized carbons (Fsp3) is 0.517. The van der Waals surface area contributed by atoms with Crippen LogP contribution in [0.25, 0.3) is 0 Å². The van der Waals surface area contributed by atoms with Crippen molar-refractivity contribution in [1.29, 1.82) is 0 Å². The molecule has 38 heavy (non-hydrogen) atoms. The first-order valence-corrected chi connectivity index (χ1v) is 14.8. The lowest BCUT2D eigenvalue weighted by atomic mass is 9.90. The van der Waals surface area contributed by atoms with Crippen LogP contribution >= 0.6 is 0 Å². The highest BCUT2D eigenvalue weighted by Crippen LogP contribution is 2.28. The van der Waals surface area contributed by atoms with Gasteiger partial charge < -0.3 is 14.7 Å². The van der Waals surface area contributed by atoms with E-state index < -0.39 is 22.2 Å². The van der Waals surface area contributed by atoms with Crippen LogP contribution in [0.3, 0.4) is 0 Å². The van der Waals surface area contributed by atoms with Gasteiger partial charge in [-0.25, -0.2) is 13.4 Å². The van der Waals surface area contributed by atoms with Gasteiger partial charge in [-0.05, 0) is 38.0 Å². The molecule has 0 spiro atoms. The van der Waals surface area contributed by atoms with E-state index >= 15 is 0 Å². The Morgan fingerprint density at radius 2 is 1.92 bits per heavy atom. The number of fused-ring (bicyclic) bond motifs is 1. The first-order valence-electron chi connectivity index (χ1n) is 13.3. The maximum Gasteiger partial charge on any atom is 0.259 e. The maximum absolute atomic E-state index is 13.6. The van der Waals surface area contributed by atoms with E-state index in [1.165, 1.54) is 30.6 Å². The van der Waals surface area contributed by atoms with Gasteiger partial charge in [-0.2, -0.15) is 4.31 Å². The average Bonchev–Trinajstić information content (AvgIpc) is 2.94. The van der Waals surface area contributed by atoms with Crippen molar-refractivity contribution in [1.82, 2.24) is 14.2 Å². The fourth-order valence-corrected chi connectivity index (χ4v) is 6.15. The number of benzene rings is 1. The number of aromatic nitrogens is 1. The van der Waals surface area contributed by atoms with Crippen molar-refractivity contribution in [2.45, 2.75) is 63.0 Å². The minimum Gasteiger partial charge on any atom is -0.472 e. The molecule has 1 amide bonds. The van der Waals surface area contributed by atoms with Gasteiger partial charge in [-0.1, -0.05) is 56.2 Å². The Kier molecular flexibility index (Phi) is 9.08. The molecule has 1 aliphatic carbocycles. The van der Waals surface area contributed by atoms with Crippen LogP contribution in [0.5, 0.6) is 5.88 Å². The van der Waals surface area contributed by atoms with Gasteiger partial charge in [0.2, 0.25) is 15.9 Å². The molecule has 4 rings (SSSR count). The van der Waals surface area contributed by atoms with E-state index in [-0.39, 0.29) is 41.3 Å². The predicted molar refractivity (Wildman–Crippen MR) is 145 cm³/mol. The molecule has 1 aliphatic heterocycles. The molecule has 2 aromatic rings. The number of carbonyl (C=O) groups is 1. The van der Waals surface area contributed by atoms with Gasteiger partial charge in [-0.3, -0.25) is 4.79 Å². The highest BCUT2D eigenvalue weighted by Gasteiger charge is 2.35. The van der Waals surface area contributed by atoms with Gasteiger partial charge >= 0.3 is 0 Å². The molecule has 1 aromatic carbocycles. The minimum absolute atomic E-state index is 0.0677. The minimum atomic E-state index is -3.74. The monoisotopic (exact) mass is 539 g/mol. The topological polar surface area (TPSA) is 100 Å². The lowest BCUT2D eigenvalue weighted by Gasteiger charge is -2.37. The number of sulfonamides is 1. The van der Waals surface area contributed by atoms with Crippen molar-refractivity contribution >= 4 is 15.9 Å². The van der Waals surface area contributed by atoms with Crippen molar-refractivity contribution in [2.24, 2.45) is 11.8 Å². The molecule has 2 heterocycles. The molecule has 0 saturated heterocycles. The van der Waals surface area contributed by atoms with E-state index in [4.69, 9.17) is 4.74 Å². The lowest BCUT2D eigenvalue weighted by molar-refractivity contribution is 0.0373. The number of aliphatic hydroxyl groups excluding tert-OH is 1. The molecule has 1 aromatic heterocycles. The predicted octanol–water partition coefficient (Wildman–Crippen LogP) is 3.55. The summed E-state index contributed by atoms with van der Waals surface area (Å²) < 4.78 is 33.9. The van der Waals surface area contributed by atoms with E-state index in [0.29, 0.717) is 18.0 Å². The molecule has 9 heteroatoms. The number of amides is 1. The summed E-state index contributed by atoms with van der Waals surface area (Å²) in [6.45, 7) is 3.86. The molecule has 1 N–H and O–H groups in total. The molecular weight excluding hydrogens is 502 g/mol. The van der Waals surface area contributed by atoms with Crippen LogP contribution in [0.15, 0.2) is 47.5 Å². The first kappa shape index (κ1) is 28.1. The number of rotatable bonds is 6. The van der Waals surface area contributed by atoms with Gasteiger partial charge in [0.05, 0.1) is 24.1 Å². The van der Waals surface area contributed by atoms with Crippen LogP contribution in [-0.2, 0) is 10.0 Å². The molecule has 0 unspecified atom stereocenters. The maximum atomic E-state index is 13.6. The summed E-state index contributed by atoms with van der Waals surface area (Å²) in [5.41, 5.74) is 0.906. The second-order valence-electron chi connectivity index (χ2n) is 10.4. The summed E-state index contributed by atoms with van der Waals surface area (Å²) in [4.78, 5) is 19.9. The van der Waals surface area contributed by atoms with Crippen LogP contribution in [0, 0.1) is 23.7 Å². The van der Waals surface area contributed by atoms with Crippen molar-refractivity contribution in [3.63, 3.8) is 0 Å². The van der Waals surface area contributed by atoms with Gasteiger partial charge in [0.25, 0.3) is 5.91 Å². The van der Waals surface area contributed by atoms with Crippen LogP contribution in [0.2, 0.25) is 0 Å². The molecule has 0 radical (unpaired) electrons. The van der Waals surface area contributed by atoms with E-state index in [1.807, 2.05) is 6.92 Å². The SMILES string of the molecule is C[C@@H]1CN([C@H](C)CO)C(=O)c2cc(C#CC3CCCCC3)cnc2O[C@@H]1CN(C)S(=O)(=O)c1ccccc1.